The Labute approximate surface area is 118 Å². The maximum absolute atomic E-state index is 13.6. The van der Waals surface area contributed by atoms with Gasteiger partial charge in [0.25, 0.3) is 0 Å². The van der Waals surface area contributed by atoms with Gasteiger partial charge in [0, 0.05) is 6.20 Å². The normalized spacial score (nSPS) is 12.2. The number of nitrogens with zero attached hydrogens (tertiary/aromatic N) is 1. The quantitative estimate of drug-likeness (QED) is 0.909. The Hall–Kier alpha value is -1.94. The smallest absolute Gasteiger partial charge is 0.137 e. The first-order valence-electron chi connectivity index (χ1n) is 6.71. The molecule has 2 rings (SSSR count). The standard InChI is InChI=1S/C16H19FN2O/c1-3-6-20-14-7-13(9-19-10-14)16(18)12-5-4-11(2)15(17)8-12/h4-5,7-10,16H,3,6,18H2,1-2H3. The number of benzene rings is 1. The van der Waals surface area contributed by atoms with Gasteiger partial charge < -0.3 is 10.5 Å². The van der Waals surface area contributed by atoms with E-state index >= 15 is 0 Å². The molecule has 0 amide bonds. The van der Waals surface area contributed by atoms with Crippen LogP contribution in [0.15, 0.2) is 36.7 Å². The zero-order valence-corrected chi connectivity index (χ0v) is 11.8. The van der Waals surface area contributed by atoms with Gasteiger partial charge in [-0.2, -0.15) is 0 Å². The molecule has 20 heavy (non-hydrogen) atoms. The summed E-state index contributed by atoms with van der Waals surface area (Å²) >= 11 is 0. The second-order valence-electron chi connectivity index (χ2n) is 4.79. The fourth-order valence-electron chi connectivity index (χ4n) is 1.90. The van der Waals surface area contributed by atoms with Crippen LogP contribution in [0.5, 0.6) is 5.75 Å². The fourth-order valence-corrected chi connectivity index (χ4v) is 1.90. The third kappa shape index (κ3) is 3.33. The summed E-state index contributed by atoms with van der Waals surface area (Å²) < 4.78 is 19.1. The average molecular weight is 274 g/mol. The molecule has 1 aromatic heterocycles. The molecule has 106 valence electrons. The topological polar surface area (TPSA) is 48.1 Å². The lowest BCUT2D eigenvalue weighted by molar-refractivity contribution is 0.315. The van der Waals surface area contributed by atoms with Crippen molar-refractivity contribution >= 4 is 0 Å². The van der Waals surface area contributed by atoms with Gasteiger partial charge in [-0.3, -0.25) is 4.98 Å². The van der Waals surface area contributed by atoms with Crippen molar-refractivity contribution in [2.45, 2.75) is 26.3 Å². The van der Waals surface area contributed by atoms with Crippen molar-refractivity contribution in [2.75, 3.05) is 6.61 Å². The molecule has 0 aliphatic rings. The van der Waals surface area contributed by atoms with Crippen LogP contribution in [0.1, 0.15) is 36.1 Å². The summed E-state index contributed by atoms with van der Waals surface area (Å²) in [6.07, 6.45) is 4.27. The molecule has 2 aromatic rings. The lowest BCUT2D eigenvalue weighted by Gasteiger charge is -2.14. The van der Waals surface area contributed by atoms with E-state index in [1.807, 2.05) is 19.1 Å². The van der Waals surface area contributed by atoms with E-state index in [0.29, 0.717) is 17.9 Å². The van der Waals surface area contributed by atoms with Crippen molar-refractivity contribution in [3.05, 3.63) is 59.2 Å². The van der Waals surface area contributed by atoms with Gasteiger partial charge in [-0.25, -0.2) is 4.39 Å². The number of halogens is 1. The first kappa shape index (κ1) is 14.5. The average Bonchev–Trinajstić information content (AvgIpc) is 2.47. The lowest BCUT2D eigenvalue weighted by Crippen LogP contribution is -2.13. The first-order chi connectivity index (χ1) is 9.61. The van der Waals surface area contributed by atoms with Crippen LogP contribution in [0, 0.1) is 12.7 Å². The Balaban J connectivity index is 2.23. The maximum atomic E-state index is 13.6. The van der Waals surface area contributed by atoms with E-state index in [1.165, 1.54) is 6.07 Å². The molecule has 0 bridgehead atoms. The van der Waals surface area contributed by atoms with E-state index < -0.39 is 6.04 Å². The van der Waals surface area contributed by atoms with E-state index in [9.17, 15) is 4.39 Å². The van der Waals surface area contributed by atoms with E-state index in [-0.39, 0.29) is 5.82 Å². The van der Waals surface area contributed by atoms with Crippen LogP contribution in [0.25, 0.3) is 0 Å². The van der Waals surface area contributed by atoms with Crippen LogP contribution in [0.4, 0.5) is 4.39 Å². The van der Waals surface area contributed by atoms with Crippen LogP contribution in [-0.4, -0.2) is 11.6 Å². The summed E-state index contributed by atoms with van der Waals surface area (Å²) in [7, 11) is 0. The molecular formula is C16H19FN2O. The summed E-state index contributed by atoms with van der Waals surface area (Å²) in [6.45, 7) is 4.41. The summed E-state index contributed by atoms with van der Waals surface area (Å²) in [5, 5.41) is 0. The van der Waals surface area contributed by atoms with Crippen molar-refractivity contribution in [1.82, 2.24) is 4.98 Å². The Morgan fingerprint density at radius 2 is 2.05 bits per heavy atom. The van der Waals surface area contributed by atoms with Crippen LogP contribution in [-0.2, 0) is 0 Å². The van der Waals surface area contributed by atoms with Gasteiger partial charge in [0.2, 0.25) is 0 Å². The van der Waals surface area contributed by atoms with Crippen molar-refractivity contribution in [3.8, 4) is 5.75 Å². The third-order valence-corrected chi connectivity index (χ3v) is 3.12. The molecule has 1 atom stereocenters. The van der Waals surface area contributed by atoms with Crippen LogP contribution in [0.3, 0.4) is 0 Å². The second-order valence-corrected chi connectivity index (χ2v) is 4.79. The van der Waals surface area contributed by atoms with Crippen molar-refractivity contribution < 1.29 is 9.13 Å². The Morgan fingerprint density at radius 1 is 1.25 bits per heavy atom. The molecule has 1 unspecified atom stereocenters. The summed E-state index contributed by atoms with van der Waals surface area (Å²) in [4.78, 5) is 4.13. The van der Waals surface area contributed by atoms with Gasteiger partial charge in [-0.05, 0) is 42.2 Å². The molecule has 0 spiro atoms. The third-order valence-electron chi connectivity index (χ3n) is 3.12. The van der Waals surface area contributed by atoms with Crippen LogP contribution >= 0.6 is 0 Å². The highest BCUT2D eigenvalue weighted by Gasteiger charge is 2.12. The Bertz CT molecular complexity index is 586. The van der Waals surface area contributed by atoms with Gasteiger partial charge in [0.05, 0.1) is 18.8 Å². The summed E-state index contributed by atoms with van der Waals surface area (Å²) in [5.74, 6) is 0.441. The van der Waals surface area contributed by atoms with Gasteiger partial charge in [0.15, 0.2) is 0 Å². The molecule has 0 saturated heterocycles. The summed E-state index contributed by atoms with van der Waals surface area (Å²) in [5.41, 5.74) is 8.31. The lowest BCUT2D eigenvalue weighted by atomic mass is 10.00. The molecular weight excluding hydrogens is 255 g/mol. The van der Waals surface area contributed by atoms with E-state index in [0.717, 1.165) is 17.5 Å². The fraction of sp³-hybridized carbons (Fsp3) is 0.312. The number of pyridine rings is 1. The maximum Gasteiger partial charge on any atom is 0.137 e. The molecule has 3 nitrogen and oxygen atoms in total. The number of rotatable bonds is 5. The highest BCUT2D eigenvalue weighted by atomic mass is 19.1. The van der Waals surface area contributed by atoms with Gasteiger partial charge in [-0.1, -0.05) is 19.1 Å². The minimum Gasteiger partial charge on any atom is -0.492 e. The highest BCUT2D eigenvalue weighted by Crippen LogP contribution is 2.23. The molecule has 0 fully saturated rings. The second kappa shape index (κ2) is 6.48. The molecule has 1 heterocycles. The van der Waals surface area contributed by atoms with Gasteiger partial charge >= 0.3 is 0 Å². The predicted octanol–water partition coefficient (Wildman–Crippen LogP) is 3.37. The van der Waals surface area contributed by atoms with E-state index in [4.69, 9.17) is 10.5 Å². The molecule has 0 saturated carbocycles. The predicted molar refractivity (Wildman–Crippen MR) is 77.2 cm³/mol. The zero-order valence-electron chi connectivity index (χ0n) is 11.8. The molecule has 1 aromatic carbocycles. The minimum absolute atomic E-state index is 0.246. The monoisotopic (exact) mass is 274 g/mol. The van der Waals surface area contributed by atoms with Gasteiger partial charge in [0.1, 0.15) is 11.6 Å². The number of aromatic nitrogens is 1. The highest BCUT2D eigenvalue weighted by molar-refractivity contribution is 5.35. The largest absolute Gasteiger partial charge is 0.492 e. The Morgan fingerprint density at radius 3 is 2.75 bits per heavy atom. The zero-order chi connectivity index (χ0) is 14.5. The molecule has 0 aliphatic carbocycles. The number of hydrogen-bond acceptors (Lipinski definition) is 3. The minimum atomic E-state index is -0.414. The number of hydrogen-bond donors (Lipinski definition) is 1. The van der Waals surface area contributed by atoms with E-state index in [1.54, 1.807) is 25.4 Å². The molecule has 0 radical (unpaired) electrons. The first-order valence-corrected chi connectivity index (χ1v) is 6.71. The molecule has 2 N–H and O–H groups in total. The van der Waals surface area contributed by atoms with Gasteiger partial charge in [-0.15, -0.1) is 0 Å². The van der Waals surface area contributed by atoms with Crippen molar-refractivity contribution in [1.29, 1.82) is 0 Å². The van der Waals surface area contributed by atoms with E-state index in [2.05, 4.69) is 4.98 Å². The van der Waals surface area contributed by atoms with Crippen molar-refractivity contribution in [2.24, 2.45) is 5.73 Å². The molecule has 0 aliphatic heterocycles. The SMILES string of the molecule is CCCOc1cncc(C(N)c2ccc(C)c(F)c2)c1. The number of nitrogens with two attached hydrogens (primary N) is 1. The Kier molecular flexibility index (Phi) is 4.69. The molecule has 4 heteroatoms. The van der Waals surface area contributed by atoms with Crippen molar-refractivity contribution in [3.63, 3.8) is 0 Å². The van der Waals surface area contributed by atoms with Crippen LogP contribution in [0.2, 0.25) is 0 Å². The van der Waals surface area contributed by atoms with Crippen LogP contribution < -0.4 is 10.5 Å². The number of ether oxygens (including phenoxy) is 1. The summed E-state index contributed by atoms with van der Waals surface area (Å²) in [6, 6.07) is 6.48. The number of aryl methyl sites for hydroxylation is 1.